The maximum absolute atomic E-state index is 12.2. The van der Waals surface area contributed by atoms with E-state index in [2.05, 4.69) is 4.74 Å². The molecule has 22 heavy (non-hydrogen) atoms. The van der Waals surface area contributed by atoms with Crippen molar-refractivity contribution in [2.75, 3.05) is 7.11 Å². The first-order valence-corrected chi connectivity index (χ1v) is 6.74. The molecule has 5 nitrogen and oxygen atoms in total. The molecule has 0 amide bonds. The molecule has 114 valence electrons. The fourth-order valence-corrected chi connectivity index (χ4v) is 1.90. The maximum Gasteiger partial charge on any atom is 0.331 e. The zero-order chi connectivity index (χ0) is 16.1. The monoisotopic (exact) mass is 299 g/mol. The maximum atomic E-state index is 12.2. The predicted octanol–water partition coefficient (Wildman–Crippen LogP) is 2.98. The highest BCUT2D eigenvalue weighted by molar-refractivity contribution is 6.04. The molecule has 0 bridgehead atoms. The van der Waals surface area contributed by atoms with Crippen molar-refractivity contribution in [1.29, 1.82) is 0 Å². The molecule has 1 aromatic carbocycles. The van der Waals surface area contributed by atoms with Gasteiger partial charge in [0.05, 0.1) is 12.8 Å². The molecule has 1 aliphatic heterocycles. The van der Waals surface area contributed by atoms with Gasteiger partial charge in [-0.1, -0.05) is 30.3 Å². The Morgan fingerprint density at radius 3 is 2.50 bits per heavy atom. The molecule has 1 heterocycles. The van der Waals surface area contributed by atoms with Crippen LogP contribution in [0.15, 0.2) is 66.0 Å². The van der Waals surface area contributed by atoms with Crippen molar-refractivity contribution in [3.63, 3.8) is 0 Å². The SMILES string of the molecule is COC(=O)/C=C/N1C(=CC(=O)c2ccccc2)OC(C)=C1C. The third kappa shape index (κ3) is 3.44. The van der Waals surface area contributed by atoms with Gasteiger partial charge in [0, 0.05) is 23.9 Å². The van der Waals surface area contributed by atoms with Crippen LogP contribution in [0.25, 0.3) is 0 Å². The van der Waals surface area contributed by atoms with Crippen molar-refractivity contribution in [2.45, 2.75) is 13.8 Å². The van der Waals surface area contributed by atoms with E-state index < -0.39 is 5.97 Å². The number of benzene rings is 1. The van der Waals surface area contributed by atoms with Crippen LogP contribution in [0.5, 0.6) is 0 Å². The van der Waals surface area contributed by atoms with E-state index in [9.17, 15) is 9.59 Å². The molecular formula is C17H17NO4. The zero-order valence-corrected chi connectivity index (χ0v) is 12.7. The summed E-state index contributed by atoms with van der Waals surface area (Å²) in [4.78, 5) is 25.1. The second kappa shape index (κ2) is 6.76. The van der Waals surface area contributed by atoms with Gasteiger partial charge < -0.3 is 9.47 Å². The van der Waals surface area contributed by atoms with Gasteiger partial charge >= 0.3 is 5.97 Å². The van der Waals surface area contributed by atoms with Crippen molar-refractivity contribution < 1.29 is 19.1 Å². The number of methoxy groups -OCH3 is 1. The largest absolute Gasteiger partial charge is 0.466 e. The number of nitrogens with zero attached hydrogens (tertiary/aromatic N) is 1. The van der Waals surface area contributed by atoms with Gasteiger partial charge in [0.25, 0.3) is 0 Å². The Morgan fingerprint density at radius 1 is 1.18 bits per heavy atom. The molecule has 5 heteroatoms. The third-order valence-electron chi connectivity index (χ3n) is 3.24. The molecule has 1 aromatic rings. The Morgan fingerprint density at radius 2 is 1.86 bits per heavy atom. The highest BCUT2D eigenvalue weighted by atomic mass is 16.5. The number of esters is 1. The van der Waals surface area contributed by atoms with E-state index in [0.717, 1.165) is 5.70 Å². The summed E-state index contributed by atoms with van der Waals surface area (Å²) in [5.41, 5.74) is 1.37. The summed E-state index contributed by atoms with van der Waals surface area (Å²) >= 11 is 0. The molecular weight excluding hydrogens is 282 g/mol. The molecule has 1 aliphatic rings. The highest BCUT2D eigenvalue weighted by Gasteiger charge is 2.23. The number of carbonyl (C=O) groups is 2. The Balaban J connectivity index is 2.26. The van der Waals surface area contributed by atoms with E-state index in [-0.39, 0.29) is 5.78 Å². The van der Waals surface area contributed by atoms with E-state index in [0.29, 0.717) is 17.2 Å². The van der Waals surface area contributed by atoms with Crippen LogP contribution in [0.1, 0.15) is 24.2 Å². The fraction of sp³-hybridized carbons (Fsp3) is 0.176. The minimum absolute atomic E-state index is 0.172. The van der Waals surface area contributed by atoms with E-state index >= 15 is 0 Å². The Bertz CT molecular complexity index is 671. The summed E-state index contributed by atoms with van der Waals surface area (Å²) in [5, 5.41) is 0. The fourth-order valence-electron chi connectivity index (χ4n) is 1.90. The van der Waals surface area contributed by atoms with Crippen LogP contribution < -0.4 is 0 Å². The lowest BCUT2D eigenvalue weighted by Gasteiger charge is -2.13. The van der Waals surface area contributed by atoms with Crippen molar-refractivity contribution in [2.24, 2.45) is 0 Å². The molecule has 0 aromatic heterocycles. The van der Waals surface area contributed by atoms with Crippen LogP contribution in [-0.2, 0) is 14.3 Å². The lowest BCUT2D eigenvalue weighted by molar-refractivity contribution is -0.134. The summed E-state index contributed by atoms with van der Waals surface area (Å²) in [6.07, 6.45) is 4.19. The molecule has 2 rings (SSSR count). The van der Waals surface area contributed by atoms with Gasteiger partial charge in [0.1, 0.15) is 5.76 Å². The van der Waals surface area contributed by atoms with Gasteiger partial charge in [-0.2, -0.15) is 0 Å². The van der Waals surface area contributed by atoms with E-state index in [1.54, 1.807) is 36.1 Å². The van der Waals surface area contributed by atoms with Crippen LogP contribution in [0.3, 0.4) is 0 Å². The number of ketones is 1. The van der Waals surface area contributed by atoms with E-state index in [1.807, 2.05) is 13.0 Å². The highest BCUT2D eigenvalue weighted by Crippen LogP contribution is 2.28. The van der Waals surface area contributed by atoms with Gasteiger partial charge in [0.2, 0.25) is 5.88 Å². The topological polar surface area (TPSA) is 55.8 Å². The predicted molar refractivity (Wildman–Crippen MR) is 81.3 cm³/mol. The van der Waals surface area contributed by atoms with E-state index in [4.69, 9.17) is 4.74 Å². The first kappa shape index (κ1) is 15.6. The lowest BCUT2D eigenvalue weighted by atomic mass is 10.1. The quantitative estimate of drug-likeness (QED) is 0.486. The third-order valence-corrected chi connectivity index (χ3v) is 3.24. The van der Waals surface area contributed by atoms with Gasteiger partial charge in [-0.15, -0.1) is 0 Å². The molecule has 0 unspecified atom stereocenters. The number of hydrogen-bond acceptors (Lipinski definition) is 5. The van der Waals surface area contributed by atoms with Crippen LogP contribution in [-0.4, -0.2) is 23.8 Å². The Labute approximate surface area is 129 Å². The van der Waals surface area contributed by atoms with Crippen LogP contribution in [0, 0.1) is 0 Å². The summed E-state index contributed by atoms with van der Waals surface area (Å²) in [6, 6.07) is 8.90. The average Bonchev–Trinajstić information content (AvgIpc) is 2.80. The van der Waals surface area contributed by atoms with Crippen LogP contribution in [0.4, 0.5) is 0 Å². The molecule has 0 spiro atoms. The number of carbonyl (C=O) groups excluding carboxylic acids is 2. The molecule has 0 N–H and O–H groups in total. The Hall–Kier alpha value is -2.82. The van der Waals surface area contributed by atoms with Crippen molar-refractivity contribution in [3.8, 4) is 0 Å². The molecule has 0 fully saturated rings. The second-order valence-electron chi connectivity index (χ2n) is 4.67. The van der Waals surface area contributed by atoms with Gasteiger partial charge in [-0.25, -0.2) is 4.79 Å². The molecule has 0 aliphatic carbocycles. The molecule has 0 atom stereocenters. The van der Waals surface area contributed by atoms with Crippen LogP contribution >= 0.6 is 0 Å². The van der Waals surface area contributed by atoms with Crippen molar-refractivity contribution in [1.82, 2.24) is 4.90 Å². The summed E-state index contributed by atoms with van der Waals surface area (Å²) in [5.74, 6) is 0.367. The standard InChI is InChI=1S/C17H17NO4/c1-12-13(2)22-16(18(12)10-9-17(20)21-3)11-15(19)14-7-5-4-6-8-14/h4-11H,1-3H3/b10-9+,16-11?. The lowest BCUT2D eigenvalue weighted by Crippen LogP contribution is -2.12. The van der Waals surface area contributed by atoms with E-state index in [1.165, 1.54) is 25.5 Å². The summed E-state index contributed by atoms with van der Waals surface area (Å²) in [7, 11) is 1.30. The summed E-state index contributed by atoms with van der Waals surface area (Å²) in [6.45, 7) is 3.63. The second-order valence-corrected chi connectivity index (χ2v) is 4.67. The molecule has 0 saturated heterocycles. The first-order valence-electron chi connectivity index (χ1n) is 6.74. The number of allylic oxidation sites excluding steroid dienone is 3. The van der Waals surface area contributed by atoms with Crippen molar-refractivity contribution >= 4 is 11.8 Å². The minimum atomic E-state index is -0.480. The number of rotatable bonds is 4. The smallest absolute Gasteiger partial charge is 0.331 e. The molecule has 0 radical (unpaired) electrons. The average molecular weight is 299 g/mol. The number of hydrogen-bond donors (Lipinski definition) is 0. The van der Waals surface area contributed by atoms with Gasteiger partial charge in [-0.05, 0) is 13.8 Å². The molecule has 0 saturated carbocycles. The van der Waals surface area contributed by atoms with Crippen LogP contribution in [0.2, 0.25) is 0 Å². The number of ether oxygens (including phenoxy) is 2. The first-order chi connectivity index (χ1) is 10.5. The van der Waals surface area contributed by atoms with Crippen molar-refractivity contribution in [3.05, 3.63) is 71.6 Å². The Kier molecular flexibility index (Phi) is 4.78. The zero-order valence-electron chi connectivity index (χ0n) is 12.7. The minimum Gasteiger partial charge on any atom is -0.466 e. The van der Waals surface area contributed by atoms with Gasteiger partial charge in [0.15, 0.2) is 5.78 Å². The van der Waals surface area contributed by atoms with Gasteiger partial charge in [-0.3, -0.25) is 9.69 Å². The normalized spacial score (nSPS) is 16.3. The summed E-state index contributed by atoms with van der Waals surface area (Å²) < 4.78 is 10.1.